The number of anilines is 1. The number of halogens is 1. The van der Waals surface area contributed by atoms with Crippen molar-refractivity contribution < 1.29 is 4.39 Å². The van der Waals surface area contributed by atoms with Crippen molar-refractivity contribution in [3.8, 4) is 6.07 Å². The Bertz CT molecular complexity index is 454. The first kappa shape index (κ1) is 12.9. The van der Waals surface area contributed by atoms with E-state index in [1.54, 1.807) is 6.07 Å². The highest BCUT2D eigenvalue weighted by Crippen LogP contribution is 2.32. The van der Waals surface area contributed by atoms with Crippen molar-refractivity contribution in [2.24, 2.45) is 11.8 Å². The normalized spacial score (nSPS) is 27.6. The third kappa shape index (κ3) is 2.64. The lowest BCUT2D eigenvalue weighted by Crippen LogP contribution is -2.37. The Morgan fingerprint density at radius 1 is 1.28 bits per heavy atom. The molecule has 2 nitrogen and oxygen atoms in total. The quantitative estimate of drug-likeness (QED) is 0.858. The molecule has 1 fully saturated rings. The first-order valence-corrected chi connectivity index (χ1v) is 6.58. The van der Waals surface area contributed by atoms with Gasteiger partial charge in [0.25, 0.3) is 0 Å². The topological polar surface area (TPSA) is 35.8 Å². The summed E-state index contributed by atoms with van der Waals surface area (Å²) in [7, 11) is 0. The van der Waals surface area contributed by atoms with Gasteiger partial charge in [-0.1, -0.05) is 20.3 Å². The van der Waals surface area contributed by atoms with Gasteiger partial charge in [-0.25, -0.2) is 4.39 Å². The van der Waals surface area contributed by atoms with E-state index in [0.29, 0.717) is 23.4 Å². The summed E-state index contributed by atoms with van der Waals surface area (Å²) in [5.74, 6) is 0.817. The largest absolute Gasteiger partial charge is 0.381 e. The van der Waals surface area contributed by atoms with Crippen LogP contribution in [0.5, 0.6) is 0 Å². The van der Waals surface area contributed by atoms with E-state index in [1.165, 1.54) is 31.4 Å². The fourth-order valence-electron chi connectivity index (χ4n) is 2.88. The van der Waals surface area contributed by atoms with Crippen LogP contribution in [0.1, 0.15) is 38.7 Å². The molecule has 96 valence electrons. The van der Waals surface area contributed by atoms with Crippen LogP contribution in [-0.2, 0) is 0 Å². The van der Waals surface area contributed by atoms with Crippen molar-refractivity contribution in [1.29, 1.82) is 5.26 Å². The van der Waals surface area contributed by atoms with Gasteiger partial charge in [0, 0.05) is 6.04 Å². The van der Waals surface area contributed by atoms with Crippen molar-refractivity contribution in [2.45, 2.75) is 39.2 Å². The molecule has 0 radical (unpaired) electrons. The van der Waals surface area contributed by atoms with E-state index in [0.717, 1.165) is 5.69 Å². The van der Waals surface area contributed by atoms with E-state index in [2.05, 4.69) is 25.2 Å². The highest BCUT2D eigenvalue weighted by molar-refractivity contribution is 5.58. The molecule has 1 aliphatic carbocycles. The minimum absolute atomic E-state index is 0.359. The lowest BCUT2D eigenvalue weighted by molar-refractivity contribution is 0.268. The summed E-state index contributed by atoms with van der Waals surface area (Å²) in [5.41, 5.74) is 1.14. The van der Waals surface area contributed by atoms with Crippen molar-refractivity contribution in [3.05, 3.63) is 29.6 Å². The second-order valence-corrected chi connectivity index (χ2v) is 5.36. The molecular formula is C15H19FN2. The molecule has 0 spiro atoms. The summed E-state index contributed by atoms with van der Waals surface area (Å²) in [4.78, 5) is 0. The van der Waals surface area contributed by atoms with Gasteiger partial charge in [-0.2, -0.15) is 5.26 Å². The van der Waals surface area contributed by atoms with Gasteiger partial charge in [0.2, 0.25) is 0 Å². The van der Waals surface area contributed by atoms with Crippen LogP contribution in [0.3, 0.4) is 0 Å². The maximum atomic E-state index is 13.1. The van der Waals surface area contributed by atoms with E-state index in [1.807, 2.05) is 0 Å². The number of hydrogen-bond acceptors (Lipinski definition) is 2. The molecule has 1 aliphatic rings. The highest BCUT2D eigenvalue weighted by atomic mass is 19.1. The van der Waals surface area contributed by atoms with Crippen molar-refractivity contribution >= 4 is 5.69 Å². The molecule has 2 atom stereocenters. The van der Waals surface area contributed by atoms with E-state index < -0.39 is 0 Å². The number of benzene rings is 1. The first-order chi connectivity index (χ1) is 8.61. The second-order valence-electron chi connectivity index (χ2n) is 5.36. The van der Waals surface area contributed by atoms with Crippen LogP contribution in [0.15, 0.2) is 18.2 Å². The lowest BCUT2D eigenvalue weighted by Gasteiger charge is -2.36. The molecule has 0 amide bonds. The predicted octanol–water partition coefficient (Wildman–Crippen LogP) is 3.93. The number of hydrogen-bond donors (Lipinski definition) is 1. The van der Waals surface area contributed by atoms with E-state index in [-0.39, 0.29) is 5.82 Å². The van der Waals surface area contributed by atoms with Crippen LogP contribution in [0.4, 0.5) is 10.1 Å². The van der Waals surface area contributed by atoms with E-state index in [9.17, 15) is 4.39 Å². The van der Waals surface area contributed by atoms with Gasteiger partial charge in [0.15, 0.2) is 0 Å². The van der Waals surface area contributed by atoms with Gasteiger partial charge >= 0.3 is 0 Å². The standard InChI is InChI=1S/C15H19FN2/c1-10-4-3-5-11(2)15(10)18-14-7-6-13(16)8-12(14)9-17/h6-8,10-11,15,18H,3-5H2,1-2H3. The summed E-state index contributed by atoms with van der Waals surface area (Å²) in [5, 5.41) is 12.5. The molecule has 2 rings (SSSR count). The summed E-state index contributed by atoms with van der Waals surface area (Å²) < 4.78 is 13.1. The maximum Gasteiger partial charge on any atom is 0.124 e. The number of nitriles is 1. The summed E-state index contributed by atoms with van der Waals surface area (Å²) in [6.07, 6.45) is 3.70. The molecule has 0 bridgehead atoms. The number of rotatable bonds is 2. The molecule has 0 aliphatic heterocycles. The SMILES string of the molecule is CC1CCCC(C)C1Nc1ccc(F)cc1C#N. The van der Waals surface area contributed by atoms with Gasteiger partial charge in [-0.05, 0) is 42.9 Å². The zero-order valence-electron chi connectivity index (χ0n) is 10.9. The van der Waals surface area contributed by atoms with Crippen LogP contribution in [0, 0.1) is 29.0 Å². The molecule has 1 N–H and O–H groups in total. The minimum atomic E-state index is -0.359. The highest BCUT2D eigenvalue weighted by Gasteiger charge is 2.27. The van der Waals surface area contributed by atoms with Gasteiger partial charge in [-0.15, -0.1) is 0 Å². The smallest absolute Gasteiger partial charge is 0.124 e. The molecule has 1 aromatic carbocycles. The molecule has 2 unspecified atom stereocenters. The Morgan fingerprint density at radius 2 is 1.94 bits per heavy atom. The fraction of sp³-hybridized carbons (Fsp3) is 0.533. The monoisotopic (exact) mass is 246 g/mol. The molecule has 0 aromatic heterocycles. The third-order valence-corrected chi connectivity index (χ3v) is 3.97. The average molecular weight is 246 g/mol. The fourth-order valence-corrected chi connectivity index (χ4v) is 2.88. The maximum absolute atomic E-state index is 13.1. The zero-order chi connectivity index (χ0) is 13.1. The van der Waals surface area contributed by atoms with Crippen molar-refractivity contribution in [1.82, 2.24) is 0 Å². The molecule has 0 saturated heterocycles. The van der Waals surface area contributed by atoms with E-state index in [4.69, 9.17) is 5.26 Å². The Hall–Kier alpha value is -1.56. The lowest BCUT2D eigenvalue weighted by atomic mass is 9.78. The first-order valence-electron chi connectivity index (χ1n) is 6.58. The third-order valence-electron chi connectivity index (χ3n) is 3.97. The van der Waals surface area contributed by atoms with Crippen LogP contribution in [0.25, 0.3) is 0 Å². The van der Waals surface area contributed by atoms with Crippen molar-refractivity contribution in [3.63, 3.8) is 0 Å². The molecule has 18 heavy (non-hydrogen) atoms. The second kappa shape index (κ2) is 5.39. The summed E-state index contributed by atoms with van der Waals surface area (Å²) in [6, 6.07) is 6.79. The van der Waals surface area contributed by atoms with Crippen molar-refractivity contribution in [2.75, 3.05) is 5.32 Å². The van der Waals surface area contributed by atoms with E-state index >= 15 is 0 Å². The average Bonchev–Trinajstić information content (AvgIpc) is 2.35. The minimum Gasteiger partial charge on any atom is -0.381 e. The Morgan fingerprint density at radius 3 is 2.56 bits per heavy atom. The molecule has 0 heterocycles. The van der Waals surface area contributed by atoms with Crippen LogP contribution in [-0.4, -0.2) is 6.04 Å². The number of nitrogens with zero attached hydrogens (tertiary/aromatic N) is 1. The summed E-state index contributed by atoms with van der Waals surface area (Å²) in [6.45, 7) is 4.48. The number of nitrogens with one attached hydrogen (secondary N) is 1. The van der Waals surface area contributed by atoms with Gasteiger partial charge < -0.3 is 5.32 Å². The van der Waals surface area contributed by atoms with Gasteiger partial charge in [0.05, 0.1) is 11.3 Å². The van der Waals surface area contributed by atoms with Crippen LogP contribution < -0.4 is 5.32 Å². The molecular weight excluding hydrogens is 227 g/mol. The van der Waals surface area contributed by atoms with Crippen LogP contribution >= 0.6 is 0 Å². The van der Waals surface area contributed by atoms with Crippen LogP contribution in [0.2, 0.25) is 0 Å². The molecule has 3 heteroatoms. The summed E-state index contributed by atoms with van der Waals surface area (Å²) >= 11 is 0. The molecule has 1 saturated carbocycles. The Labute approximate surface area is 108 Å². The molecule has 1 aromatic rings. The Kier molecular flexibility index (Phi) is 3.86. The van der Waals surface area contributed by atoms with Gasteiger partial charge in [-0.3, -0.25) is 0 Å². The van der Waals surface area contributed by atoms with Gasteiger partial charge in [0.1, 0.15) is 11.9 Å². The Balaban J connectivity index is 2.20. The predicted molar refractivity (Wildman–Crippen MR) is 70.7 cm³/mol. The zero-order valence-corrected chi connectivity index (χ0v) is 10.9.